The summed E-state index contributed by atoms with van der Waals surface area (Å²) in [5, 5.41) is 22.6. The zero-order chi connectivity index (χ0) is 25.1. The normalized spacial score (nSPS) is 18.1. The third-order valence-corrected chi connectivity index (χ3v) is 5.56. The fraction of sp³-hybridized carbons (Fsp3) is 0.273. The Labute approximate surface area is 200 Å². The first-order valence-electron chi connectivity index (χ1n) is 10.8. The molecule has 0 atom stereocenters. The van der Waals surface area contributed by atoms with Crippen molar-refractivity contribution in [3.8, 4) is 0 Å². The SMILES string of the molecule is CNc1cc(Nc2cccn(/C(N)=C/C=C(\N)OC)c2=O)nc2c(C(=O)NC3CC(O)C3)cnn12. The minimum Gasteiger partial charge on any atom is -0.483 e. The number of rotatable bonds is 8. The second-order valence-electron chi connectivity index (χ2n) is 7.95. The van der Waals surface area contributed by atoms with Crippen LogP contribution in [-0.4, -0.2) is 56.5 Å². The molecule has 0 spiro atoms. The van der Waals surface area contributed by atoms with Crippen LogP contribution in [0.3, 0.4) is 0 Å². The lowest BCUT2D eigenvalue weighted by Gasteiger charge is -2.31. The highest BCUT2D eigenvalue weighted by Crippen LogP contribution is 2.23. The number of aromatic nitrogens is 4. The minimum absolute atomic E-state index is 0.0899. The standard InChI is InChI=1S/C22H27N9O4/c1-25-19-10-18(28-15-4-3-7-30(22(15)34)16(23)5-6-17(24)35-2)29-20-14(11-26-31(19)20)21(33)27-12-8-13(32)9-12/h3-7,10-13,25,32H,8-9,23-24H2,1-2H3,(H,27,33)(H,28,29)/b16-5+,17-6+. The van der Waals surface area contributed by atoms with Gasteiger partial charge in [0.15, 0.2) is 11.5 Å². The van der Waals surface area contributed by atoms with Gasteiger partial charge < -0.3 is 37.3 Å². The van der Waals surface area contributed by atoms with E-state index in [0.29, 0.717) is 30.1 Å². The van der Waals surface area contributed by atoms with Crippen molar-refractivity contribution in [3.05, 3.63) is 64.5 Å². The van der Waals surface area contributed by atoms with Gasteiger partial charge in [0.2, 0.25) is 0 Å². The number of nitrogens with zero attached hydrogens (tertiary/aromatic N) is 4. The van der Waals surface area contributed by atoms with E-state index in [4.69, 9.17) is 16.2 Å². The zero-order valence-corrected chi connectivity index (χ0v) is 19.2. The molecule has 0 unspecified atom stereocenters. The fourth-order valence-electron chi connectivity index (χ4n) is 3.58. The van der Waals surface area contributed by atoms with E-state index in [1.165, 1.54) is 40.7 Å². The Hall–Kier alpha value is -4.52. The number of aliphatic hydroxyl groups excluding tert-OH is 1. The van der Waals surface area contributed by atoms with Gasteiger partial charge in [-0.1, -0.05) is 0 Å². The number of ether oxygens (including phenoxy) is 1. The van der Waals surface area contributed by atoms with Gasteiger partial charge in [-0.3, -0.25) is 14.2 Å². The van der Waals surface area contributed by atoms with E-state index in [1.807, 2.05) is 0 Å². The Kier molecular flexibility index (Phi) is 6.59. The van der Waals surface area contributed by atoms with Crippen molar-refractivity contribution in [3.63, 3.8) is 0 Å². The van der Waals surface area contributed by atoms with Crippen molar-refractivity contribution in [1.29, 1.82) is 0 Å². The number of amides is 1. The van der Waals surface area contributed by atoms with Gasteiger partial charge in [0.1, 0.15) is 28.7 Å². The summed E-state index contributed by atoms with van der Waals surface area (Å²) in [7, 11) is 3.12. The molecule has 35 heavy (non-hydrogen) atoms. The van der Waals surface area contributed by atoms with E-state index in [9.17, 15) is 14.7 Å². The van der Waals surface area contributed by atoms with Crippen LogP contribution in [0.15, 0.2) is 53.4 Å². The van der Waals surface area contributed by atoms with Crippen molar-refractivity contribution in [2.45, 2.75) is 25.0 Å². The molecule has 0 aromatic carbocycles. The third kappa shape index (κ3) is 4.89. The fourth-order valence-corrected chi connectivity index (χ4v) is 3.58. The highest BCUT2D eigenvalue weighted by atomic mass is 16.5. The van der Waals surface area contributed by atoms with Gasteiger partial charge in [0.05, 0.1) is 19.4 Å². The molecular formula is C22H27N9O4. The Morgan fingerprint density at radius 3 is 2.77 bits per heavy atom. The van der Waals surface area contributed by atoms with Crippen molar-refractivity contribution >= 4 is 34.7 Å². The number of nitrogens with one attached hydrogen (secondary N) is 3. The smallest absolute Gasteiger partial charge is 0.279 e. The van der Waals surface area contributed by atoms with Crippen LogP contribution in [0.25, 0.3) is 11.5 Å². The summed E-state index contributed by atoms with van der Waals surface area (Å²) in [6, 6.07) is 4.80. The molecule has 13 heteroatoms. The monoisotopic (exact) mass is 481 g/mol. The number of fused-ring (bicyclic) bond motifs is 1. The molecule has 0 aliphatic heterocycles. The second kappa shape index (κ2) is 9.77. The summed E-state index contributed by atoms with van der Waals surface area (Å²) < 4.78 is 7.59. The van der Waals surface area contributed by atoms with Crippen LogP contribution < -0.4 is 33.0 Å². The van der Waals surface area contributed by atoms with Gasteiger partial charge in [-0.15, -0.1) is 0 Å². The molecule has 184 valence electrons. The summed E-state index contributed by atoms with van der Waals surface area (Å²) >= 11 is 0. The quantitative estimate of drug-likeness (QED) is 0.191. The highest BCUT2D eigenvalue weighted by Gasteiger charge is 2.29. The number of nitrogens with two attached hydrogens (primary N) is 2. The van der Waals surface area contributed by atoms with Crippen LogP contribution in [0.2, 0.25) is 0 Å². The maximum absolute atomic E-state index is 13.0. The Morgan fingerprint density at radius 1 is 1.31 bits per heavy atom. The molecule has 4 rings (SSSR count). The number of carbonyl (C=O) groups excluding carboxylic acids is 1. The van der Waals surface area contributed by atoms with Crippen LogP contribution in [0.4, 0.5) is 17.3 Å². The van der Waals surface area contributed by atoms with E-state index in [-0.39, 0.29) is 41.0 Å². The van der Waals surface area contributed by atoms with Crippen molar-refractivity contribution < 1.29 is 14.6 Å². The van der Waals surface area contributed by atoms with E-state index >= 15 is 0 Å². The van der Waals surface area contributed by atoms with E-state index in [1.54, 1.807) is 25.2 Å². The summed E-state index contributed by atoms with van der Waals surface area (Å²) in [5.41, 5.74) is 12.0. The van der Waals surface area contributed by atoms with E-state index in [0.717, 1.165) is 0 Å². The highest BCUT2D eigenvalue weighted by molar-refractivity contribution is 6.00. The number of methoxy groups -OCH3 is 1. The number of pyridine rings is 1. The number of allylic oxidation sites excluding steroid dienone is 2. The van der Waals surface area contributed by atoms with E-state index in [2.05, 4.69) is 26.0 Å². The molecule has 1 aliphatic carbocycles. The molecule has 3 aromatic heterocycles. The number of hydrogen-bond acceptors (Lipinski definition) is 10. The molecule has 0 saturated heterocycles. The van der Waals surface area contributed by atoms with Crippen LogP contribution in [-0.2, 0) is 4.74 Å². The molecule has 1 aliphatic rings. The maximum atomic E-state index is 13.0. The van der Waals surface area contributed by atoms with Gasteiger partial charge >= 0.3 is 0 Å². The lowest BCUT2D eigenvalue weighted by Crippen LogP contribution is -2.46. The Bertz CT molecular complexity index is 1370. The first-order chi connectivity index (χ1) is 16.8. The molecule has 1 fully saturated rings. The first-order valence-corrected chi connectivity index (χ1v) is 10.8. The average molecular weight is 482 g/mol. The van der Waals surface area contributed by atoms with Crippen molar-refractivity contribution in [2.24, 2.45) is 11.5 Å². The lowest BCUT2D eigenvalue weighted by molar-refractivity contribution is 0.0563. The van der Waals surface area contributed by atoms with Crippen LogP contribution in [0.1, 0.15) is 23.2 Å². The number of carbonyl (C=O) groups is 1. The first kappa shape index (κ1) is 23.6. The number of hydrogen-bond donors (Lipinski definition) is 6. The summed E-state index contributed by atoms with van der Waals surface area (Å²) in [4.78, 5) is 30.3. The van der Waals surface area contributed by atoms with Crippen molar-refractivity contribution in [2.75, 3.05) is 24.8 Å². The van der Waals surface area contributed by atoms with Crippen molar-refractivity contribution in [1.82, 2.24) is 24.5 Å². The van der Waals surface area contributed by atoms with Gasteiger partial charge in [-0.25, -0.2) is 4.98 Å². The minimum atomic E-state index is -0.423. The largest absolute Gasteiger partial charge is 0.483 e. The molecule has 1 amide bonds. The summed E-state index contributed by atoms with van der Waals surface area (Å²) in [5.74, 6) is 0.796. The third-order valence-electron chi connectivity index (χ3n) is 5.56. The van der Waals surface area contributed by atoms with Crippen LogP contribution in [0.5, 0.6) is 0 Å². The van der Waals surface area contributed by atoms with Gasteiger partial charge in [-0.05, 0) is 31.1 Å². The topological polar surface area (TPSA) is 187 Å². The Balaban J connectivity index is 1.65. The Morgan fingerprint density at radius 2 is 2.09 bits per heavy atom. The summed E-state index contributed by atoms with van der Waals surface area (Å²) in [6.45, 7) is 0. The predicted octanol–water partition coefficient (Wildman–Crippen LogP) is 0.133. The zero-order valence-electron chi connectivity index (χ0n) is 19.2. The van der Waals surface area contributed by atoms with Gasteiger partial charge in [0.25, 0.3) is 11.5 Å². The molecule has 3 aromatic rings. The molecule has 13 nitrogen and oxygen atoms in total. The number of anilines is 3. The molecule has 8 N–H and O–H groups in total. The molecule has 0 bridgehead atoms. The second-order valence-corrected chi connectivity index (χ2v) is 7.95. The predicted molar refractivity (Wildman–Crippen MR) is 131 cm³/mol. The maximum Gasteiger partial charge on any atom is 0.279 e. The average Bonchev–Trinajstić information content (AvgIpc) is 3.26. The van der Waals surface area contributed by atoms with Gasteiger partial charge in [0, 0.05) is 31.4 Å². The van der Waals surface area contributed by atoms with Gasteiger partial charge in [-0.2, -0.15) is 9.61 Å². The number of aliphatic hydroxyl groups is 1. The summed E-state index contributed by atoms with van der Waals surface area (Å²) in [6.07, 6.45) is 6.47. The molecule has 3 heterocycles. The lowest BCUT2D eigenvalue weighted by atomic mass is 9.89. The van der Waals surface area contributed by atoms with E-state index < -0.39 is 5.56 Å². The van der Waals surface area contributed by atoms with Crippen LogP contribution >= 0.6 is 0 Å². The van der Waals surface area contributed by atoms with Crippen LogP contribution in [0, 0.1) is 0 Å². The molecule has 1 saturated carbocycles. The molecular weight excluding hydrogens is 454 g/mol. The molecule has 0 radical (unpaired) electrons.